The molecule has 0 saturated heterocycles. The second-order valence-electron chi connectivity index (χ2n) is 10.6. The SMILES string of the molecule is CCC(C)CC(=O)Oc1ccc(C[C@H](N)C(=O)O[C@@H](C)[C@H](C)OC(=O)c2ccccc2)cc1OC(=O)CC(C)CC. The van der Waals surface area contributed by atoms with E-state index in [2.05, 4.69) is 0 Å². The van der Waals surface area contributed by atoms with E-state index in [0.717, 1.165) is 12.8 Å². The van der Waals surface area contributed by atoms with Gasteiger partial charge in [0.15, 0.2) is 11.5 Å². The predicted molar refractivity (Wildman–Crippen MR) is 154 cm³/mol. The molecule has 0 fully saturated rings. The first-order chi connectivity index (χ1) is 19.4. The normalized spacial score (nSPS) is 14.6. The lowest BCUT2D eigenvalue weighted by molar-refractivity contribution is -0.155. The summed E-state index contributed by atoms with van der Waals surface area (Å²) in [6.45, 7) is 11.1. The molecule has 2 unspecified atom stereocenters. The van der Waals surface area contributed by atoms with Crippen molar-refractivity contribution in [3.63, 3.8) is 0 Å². The highest BCUT2D eigenvalue weighted by Gasteiger charge is 2.25. The largest absolute Gasteiger partial charge is 0.458 e. The van der Waals surface area contributed by atoms with Crippen molar-refractivity contribution in [3.8, 4) is 11.5 Å². The summed E-state index contributed by atoms with van der Waals surface area (Å²) >= 11 is 0. The molecule has 9 heteroatoms. The number of esters is 4. The van der Waals surface area contributed by atoms with Gasteiger partial charge in [-0.2, -0.15) is 0 Å². The van der Waals surface area contributed by atoms with Crippen LogP contribution in [0.3, 0.4) is 0 Å². The molecule has 0 aromatic heterocycles. The molecule has 2 rings (SSSR count). The van der Waals surface area contributed by atoms with Crippen LogP contribution in [0.1, 0.15) is 83.1 Å². The van der Waals surface area contributed by atoms with Crippen molar-refractivity contribution in [1.29, 1.82) is 0 Å². The van der Waals surface area contributed by atoms with Crippen molar-refractivity contribution in [2.75, 3.05) is 0 Å². The zero-order chi connectivity index (χ0) is 30.5. The van der Waals surface area contributed by atoms with Gasteiger partial charge in [0, 0.05) is 12.8 Å². The Labute approximate surface area is 242 Å². The second-order valence-corrected chi connectivity index (χ2v) is 10.6. The molecule has 5 atom stereocenters. The van der Waals surface area contributed by atoms with E-state index in [1.54, 1.807) is 56.3 Å². The molecule has 0 amide bonds. The van der Waals surface area contributed by atoms with E-state index in [1.807, 2.05) is 27.7 Å². The lowest BCUT2D eigenvalue weighted by Gasteiger charge is -2.22. The molecule has 0 radical (unpaired) electrons. The lowest BCUT2D eigenvalue weighted by atomic mass is 10.0. The van der Waals surface area contributed by atoms with Crippen LogP contribution in [-0.2, 0) is 30.3 Å². The Morgan fingerprint density at radius 2 is 1.27 bits per heavy atom. The molecule has 0 heterocycles. The third-order valence-corrected chi connectivity index (χ3v) is 6.90. The summed E-state index contributed by atoms with van der Waals surface area (Å²) in [6, 6.07) is 12.2. The molecule has 9 nitrogen and oxygen atoms in total. The van der Waals surface area contributed by atoms with E-state index in [1.165, 1.54) is 6.07 Å². The van der Waals surface area contributed by atoms with Gasteiger partial charge in [-0.3, -0.25) is 14.4 Å². The molecular formula is C32H43NO8. The standard InChI is InChI=1S/C32H43NO8/c1-7-20(3)16-29(34)40-27-15-14-24(19-28(27)41-30(35)17-21(4)8-2)18-26(33)32(37)39-23(6)22(5)38-31(36)25-12-10-9-11-13-25/h9-15,19-23,26H,7-8,16-18,33H2,1-6H3/t20?,21?,22-,23-,26-/m0/s1. The van der Waals surface area contributed by atoms with Gasteiger partial charge in [-0.25, -0.2) is 4.79 Å². The van der Waals surface area contributed by atoms with Crippen LogP contribution in [0.25, 0.3) is 0 Å². The fourth-order valence-electron chi connectivity index (χ4n) is 3.64. The molecule has 0 bridgehead atoms. The minimum atomic E-state index is -1.04. The van der Waals surface area contributed by atoms with E-state index >= 15 is 0 Å². The summed E-state index contributed by atoms with van der Waals surface area (Å²) in [5, 5.41) is 0. The topological polar surface area (TPSA) is 131 Å². The third kappa shape index (κ3) is 11.4. The fourth-order valence-corrected chi connectivity index (χ4v) is 3.64. The Hall–Kier alpha value is -3.72. The molecule has 0 saturated carbocycles. The first-order valence-corrected chi connectivity index (χ1v) is 14.2. The van der Waals surface area contributed by atoms with Crippen molar-refractivity contribution in [1.82, 2.24) is 0 Å². The molecule has 41 heavy (non-hydrogen) atoms. The van der Waals surface area contributed by atoms with Crippen LogP contribution in [-0.4, -0.2) is 42.1 Å². The van der Waals surface area contributed by atoms with Gasteiger partial charge in [0.05, 0.1) is 5.56 Å². The maximum atomic E-state index is 12.7. The second kappa shape index (κ2) is 16.5. The molecule has 224 valence electrons. The number of carbonyl (C=O) groups excluding carboxylic acids is 4. The lowest BCUT2D eigenvalue weighted by Crippen LogP contribution is -2.39. The number of hydrogen-bond acceptors (Lipinski definition) is 9. The number of hydrogen-bond donors (Lipinski definition) is 1. The first-order valence-electron chi connectivity index (χ1n) is 14.2. The van der Waals surface area contributed by atoms with Crippen LogP contribution < -0.4 is 15.2 Å². The zero-order valence-electron chi connectivity index (χ0n) is 24.9. The first kappa shape index (κ1) is 33.5. The molecule has 0 spiro atoms. The van der Waals surface area contributed by atoms with E-state index in [4.69, 9.17) is 24.7 Å². The van der Waals surface area contributed by atoms with Gasteiger partial charge in [-0.1, -0.05) is 64.8 Å². The number of benzene rings is 2. The van der Waals surface area contributed by atoms with Crippen molar-refractivity contribution >= 4 is 23.9 Å². The van der Waals surface area contributed by atoms with Gasteiger partial charge in [0.2, 0.25) is 0 Å². The quantitative estimate of drug-likeness (QED) is 0.221. The minimum Gasteiger partial charge on any atom is -0.458 e. The molecule has 2 aromatic rings. The van der Waals surface area contributed by atoms with Gasteiger partial charge in [0.25, 0.3) is 0 Å². The van der Waals surface area contributed by atoms with Gasteiger partial charge in [0.1, 0.15) is 18.2 Å². The van der Waals surface area contributed by atoms with E-state index in [0.29, 0.717) is 11.1 Å². The Balaban J connectivity index is 2.08. The number of rotatable bonds is 15. The number of carbonyl (C=O) groups is 4. The van der Waals surface area contributed by atoms with Gasteiger partial charge in [-0.05, 0) is 61.9 Å². The molecule has 2 aromatic carbocycles. The Morgan fingerprint density at radius 1 is 0.732 bits per heavy atom. The van der Waals surface area contributed by atoms with E-state index in [9.17, 15) is 19.2 Å². The van der Waals surface area contributed by atoms with E-state index < -0.39 is 42.1 Å². The van der Waals surface area contributed by atoms with Crippen molar-refractivity contribution in [2.24, 2.45) is 17.6 Å². The summed E-state index contributed by atoms with van der Waals surface area (Å²) in [4.78, 5) is 50.0. The Morgan fingerprint density at radius 3 is 1.83 bits per heavy atom. The van der Waals surface area contributed by atoms with Crippen molar-refractivity contribution < 1.29 is 38.1 Å². The molecule has 0 aliphatic rings. The average Bonchev–Trinajstić information content (AvgIpc) is 2.94. The smallest absolute Gasteiger partial charge is 0.338 e. The van der Waals surface area contributed by atoms with Gasteiger partial charge < -0.3 is 24.7 Å². The van der Waals surface area contributed by atoms with Gasteiger partial charge in [-0.15, -0.1) is 0 Å². The molecular weight excluding hydrogens is 526 g/mol. The highest BCUT2D eigenvalue weighted by molar-refractivity contribution is 5.89. The van der Waals surface area contributed by atoms with E-state index in [-0.39, 0.29) is 42.6 Å². The molecule has 0 aliphatic heterocycles. The monoisotopic (exact) mass is 569 g/mol. The van der Waals surface area contributed by atoms with Crippen LogP contribution in [0.2, 0.25) is 0 Å². The summed E-state index contributed by atoms with van der Waals surface area (Å²) in [5.74, 6) is -1.60. The average molecular weight is 570 g/mol. The Kier molecular flexibility index (Phi) is 13.5. The van der Waals surface area contributed by atoms with Crippen molar-refractivity contribution in [3.05, 3.63) is 59.7 Å². The van der Waals surface area contributed by atoms with Crippen LogP contribution >= 0.6 is 0 Å². The summed E-state index contributed by atoms with van der Waals surface area (Å²) < 4.78 is 22.0. The zero-order valence-corrected chi connectivity index (χ0v) is 24.9. The van der Waals surface area contributed by atoms with Crippen molar-refractivity contribution in [2.45, 2.75) is 91.9 Å². The maximum absolute atomic E-state index is 12.7. The Bertz CT molecular complexity index is 1170. The summed E-state index contributed by atoms with van der Waals surface area (Å²) in [5.41, 5.74) is 7.11. The van der Waals surface area contributed by atoms with Crippen LogP contribution in [0.4, 0.5) is 0 Å². The van der Waals surface area contributed by atoms with Gasteiger partial charge >= 0.3 is 23.9 Å². The summed E-state index contributed by atoms with van der Waals surface area (Å²) in [7, 11) is 0. The number of nitrogens with two attached hydrogens (primary N) is 1. The highest BCUT2D eigenvalue weighted by atomic mass is 16.6. The predicted octanol–water partition coefficient (Wildman–Crippen LogP) is 5.42. The molecule has 2 N–H and O–H groups in total. The highest BCUT2D eigenvalue weighted by Crippen LogP contribution is 2.31. The van der Waals surface area contributed by atoms with Crippen LogP contribution in [0.15, 0.2) is 48.5 Å². The maximum Gasteiger partial charge on any atom is 0.338 e. The molecule has 0 aliphatic carbocycles. The summed E-state index contributed by atoms with van der Waals surface area (Å²) in [6.07, 6.45) is 0.687. The third-order valence-electron chi connectivity index (χ3n) is 6.90. The number of ether oxygens (including phenoxy) is 4. The van der Waals surface area contributed by atoms with Crippen LogP contribution in [0.5, 0.6) is 11.5 Å². The minimum absolute atomic E-state index is 0.0702. The van der Waals surface area contributed by atoms with Crippen LogP contribution in [0, 0.1) is 11.8 Å². The fraction of sp³-hybridized carbons (Fsp3) is 0.500.